The number of nitrogens with one attached hydrogen (secondary N) is 1. The molecule has 1 aliphatic carbocycles. The van der Waals surface area contributed by atoms with E-state index < -0.39 is 16.0 Å². The van der Waals surface area contributed by atoms with E-state index in [2.05, 4.69) is 4.72 Å². The van der Waals surface area contributed by atoms with Gasteiger partial charge in [0.2, 0.25) is 10.0 Å². The summed E-state index contributed by atoms with van der Waals surface area (Å²) in [4.78, 5) is 12.4. The Bertz CT molecular complexity index is 1070. The fourth-order valence-corrected chi connectivity index (χ4v) is 4.95. The molecule has 1 fully saturated rings. The lowest BCUT2D eigenvalue weighted by molar-refractivity contribution is 0.0474. The topological polar surface area (TPSA) is 72.5 Å². The predicted molar refractivity (Wildman–Crippen MR) is 101 cm³/mol. The van der Waals surface area contributed by atoms with E-state index >= 15 is 0 Å². The Morgan fingerprint density at radius 3 is 2.77 bits per heavy atom. The predicted octanol–water partition coefficient (Wildman–Crippen LogP) is 3.70. The van der Waals surface area contributed by atoms with Gasteiger partial charge in [0.05, 0.1) is 10.5 Å². The number of carbonyl (C=O) groups excluding carboxylic acids is 1. The molecule has 134 valence electrons. The molecule has 4 rings (SSSR count). The zero-order valence-electron chi connectivity index (χ0n) is 13.8. The molecule has 0 bridgehead atoms. The van der Waals surface area contributed by atoms with Gasteiger partial charge in [-0.25, -0.2) is 17.9 Å². The quantitative estimate of drug-likeness (QED) is 0.655. The monoisotopic (exact) mass is 387 g/mol. The van der Waals surface area contributed by atoms with Crippen LogP contribution in [-0.4, -0.2) is 20.4 Å². The Balaban J connectivity index is 1.49. The van der Waals surface area contributed by atoms with Gasteiger partial charge >= 0.3 is 5.97 Å². The number of benzene rings is 2. The first-order valence-corrected chi connectivity index (χ1v) is 10.6. The number of sulfonamides is 1. The number of rotatable bonds is 6. The number of ether oxygens (including phenoxy) is 1. The van der Waals surface area contributed by atoms with Gasteiger partial charge in [0.25, 0.3) is 0 Å². The maximum absolute atomic E-state index is 12.4. The van der Waals surface area contributed by atoms with Crippen LogP contribution >= 0.6 is 11.3 Å². The zero-order valence-corrected chi connectivity index (χ0v) is 15.5. The van der Waals surface area contributed by atoms with Gasteiger partial charge in [-0.2, -0.15) is 0 Å². The number of hydrogen-bond acceptors (Lipinski definition) is 5. The molecule has 1 aromatic heterocycles. The van der Waals surface area contributed by atoms with Crippen LogP contribution in [0, 0.1) is 0 Å². The summed E-state index contributed by atoms with van der Waals surface area (Å²) in [6.07, 6.45) is 1.71. The van der Waals surface area contributed by atoms with E-state index in [0.717, 1.165) is 28.5 Å². The summed E-state index contributed by atoms with van der Waals surface area (Å²) in [5, 5.41) is 3.04. The standard InChI is InChI=1S/C19H17NO4S2/c21-19(24-11-14-12-25-18-7-2-1-6-17(14)18)13-4-3-5-16(10-13)26(22,23)20-15-8-9-15/h1-7,10,12,15,20H,8-9,11H2. The number of thiophene rings is 1. The van der Waals surface area contributed by atoms with E-state index in [0.29, 0.717) is 0 Å². The molecule has 0 spiro atoms. The molecular weight excluding hydrogens is 370 g/mol. The largest absolute Gasteiger partial charge is 0.457 e. The van der Waals surface area contributed by atoms with Crippen molar-refractivity contribution in [2.45, 2.75) is 30.4 Å². The van der Waals surface area contributed by atoms with Crippen LogP contribution in [0.5, 0.6) is 0 Å². The highest BCUT2D eigenvalue weighted by molar-refractivity contribution is 7.89. The second-order valence-electron chi connectivity index (χ2n) is 6.26. The lowest BCUT2D eigenvalue weighted by atomic mass is 10.2. The van der Waals surface area contributed by atoms with Crippen molar-refractivity contribution in [1.29, 1.82) is 0 Å². The Hall–Kier alpha value is -2.22. The maximum atomic E-state index is 12.4. The summed E-state index contributed by atoms with van der Waals surface area (Å²) in [7, 11) is -3.60. The van der Waals surface area contributed by atoms with E-state index in [4.69, 9.17) is 4.74 Å². The molecule has 0 radical (unpaired) electrons. The molecule has 0 unspecified atom stereocenters. The van der Waals surface area contributed by atoms with Crippen LogP contribution in [0.1, 0.15) is 28.8 Å². The molecule has 0 atom stereocenters. The first kappa shape index (κ1) is 17.2. The van der Waals surface area contributed by atoms with Crippen LogP contribution in [0.25, 0.3) is 10.1 Å². The zero-order chi connectivity index (χ0) is 18.1. The van der Waals surface area contributed by atoms with Crippen LogP contribution in [0.2, 0.25) is 0 Å². The second-order valence-corrected chi connectivity index (χ2v) is 8.88. The van der Waals surface area contributed by atoms with Crippen molar-refractivity contribution >= 4 is 37.4 Å². The summed E-state index contributed by atoms with van der Waals surface area (Å²) < 4.78 is 33.7. The third-order valence-electron chi connectivity index (χ3n) is 4.20. The molecule has 0 amide bonds. The van der Waals surface area contributed by atoms with Gasteiger partial charge < -0.3 is 4.74 Å². The molecule has 7 heteroatoms. The number of esters is 1. The minimum absolute atomic E-state index is 0.0162. The summed E-state index contributed by atoms with van der Waals surface area (Å²) >= 11 is 1.60. The van der Waals surface area contributed by atoms with Crippen LogP contribution in [-0.2, 0) is 21.4 Å². The Morgan fingerprint density at radius 1 is 1.15 bits per heavy atom. The molecule has 1 saturated carbocycles. The first-order chi connectivity index (χ1) is 12.5. The second kappa shape index (κ2) is 6.83. The van der Waals surface area contributed by atoms with Crippen LogP contribution in [0.3, 0.4) is 0 Å². The number of hydrogen-bond donors (Lipinski definition) is 1. The molecule has 2 aromatic carbocycles. The van der Waals surface area contributed by atoms with Gasteiger partial charge in [-0.15, -0.1) is 11.3 Å². The van der Waals surface area contributed by atoms with E-state index in [1.54, 1.807) is 23.5 Å². The van der Waals surface area contributed by atoms with Crippen LogP contribution in [0.4, 0.5) is 0 Å². The van der Waals surface area contributed by atoms with Gasteiger partial charge in [0.15, 0.2) is 0 Å². The molecule has 0 aliphatic heterocycles. The lowest BCUT2D eigenvalue weighted by Crippen LogP contribution is -2.25. The summed E-state index contributed by atoms with van der Waals surface area (Å²) in [6.45, 7) is 0.153. The highest BCUT2D eigenvalue weighted by atomic mass is 32.2. The van der Waals surface area contributed by atoms with Gasteiger partial charge in [-0.1, -0.05) is 24.3 Å². The number of carbonyl (C=O) groups is 1. The minimum Gasteiger partial charge on any atom is -0.457 e. The maximum Gasteiger partial charge on any atom is 0.338 e. The Kier molecular flexibility index (Phi) is 4.52. The van der Waals surface area contributed by atoms with E-state index in [-0.39, 0.29) is 23.1 Å². The van der Waals surface area contributed by atoms with E-state index in [9.17, 15) is 13.2 Å². The fourth-order valence-electron chi connectivity index (χ4n) is 2.65. The molecule has 1 N–H and O–H groups in total. The molecular formula is C19H17NO4S2. The SMILES string of the molecule is O=C(OCc1csc2ccccc12)c1cccc(S(=O)(=O)NC2CC2)c1. The van der Waals surface area contributed by atoms with Gasteiger partial charge in [-0.3, -0.25) is 0 Å². The van der Waals surface area contributed by atoms with Gasteiger partial charge in [-0.05, 0) is 47.9 Å². The van der Waals surface area contributed by atoms with Crippen molar-refractivity contribution in [3.05, 3.63) is 65.0 Å². The average molecular weight is 387 g/mol. The molecule has 5 nitrogen and oxygen atoms in total. The number of fused-ring (bicyclic) bond motifs is 1. The van der Waals surface area contributed by atoms with Crippen molar-refractivity contribution in [3.8, 4) is 0 Å². The molecule has 26 heavy (non-hydrogen) atoms. The Morgan fingerprint density at radius 2 is 1.96 bits per heavy atom. The highest BCUT2D eigenvalue weighted by Crippen LogP contribution is 2.26. The van der Waals surface area contributed by atoms with Gasteiger partial charge in [0.1, 0.15) is 6.61 Å². The van der Waals surface area contributed by atoms with Crippen molar-refractivity contribution in [2.24, 2.45) is 0 Å². The minimum atomic E-state index is -3.60. The van der Waals surface area contributed by atoms with Crippen molar-refractivity contribution in [3.63, 3.8) is 0 Å². The van der Waals surface area contributed by atoms with Gasteiger partial charge in [0, 0.05) is 16.3 Å². The van der Waals surface area contributed by atoms with Crippen molar-refractivity contribution in [2.75, 3.05) is 0 Å². The van der Waals surface area contributed by atoms with Crippen LogP contribution < -0.4 is 4.72 Å². The van der Waals surface area contributed by atoms with Crippen molar-refractivity contribution < 1.29 is 17.9 Å². The first-order valence-electron chi connectivity index (χ1n) is 8.27. The van der Waals surface area contributed by atoms with Crippen LogP contribution in [0.15, 0.2) is 58.8 Å². The molecule has 1 heterocycles. The molecule has 0 saturated heterocycles. The normalized spacial score (nSPS) is 14.5. The summed E-state index contributed by atoms with van der Waals surface area (Å²) in [5.41, 5.74) is 1.17. The molecule has 1 aliphatic rings. The summed E-state index contributed by atoms with van der Waals surface area (Å²) in [6, 6.07) is 13.9. The smallest absolute Gasteiger partial charge is 0.338 e. The van der Waals surface area contributed by atoms with E-state index in [1.165, 1.54) is 12.1 Å². The fraction of sp³-hybridized carbons (Fsp3) is 0.211. The summed E-state index contributed by atoms with van der Waals surface area (Å²) in [5.74, 6) is -0.538. The third kappa shape index (κ3) is 3.65. The average Bonchev–Trinajstić information content (AvgIpc) is 3.36. The highest BCUT2D eigenvalue weighted by Gasteiger charge is 2.28. The lowest BCUT2D eigenvalue weighted by Gasteiger charge is -2.08. The third-order valence-corrected chi connectivity index (χ3v) is 6.73. The Labute approximate surface area is 155 Å². The van der Waals surface area contributed by atoms with E-state index in [1.807, 2.05) is 29.6 Å². The molecule has 3 aromatic rings. The van der Waals surface area contributed by atoms with Crippen molar-refractivity contribution in [1.82, 2.24) is 4.72 Å².